The maximum atomic E-state index is 12.6. The third-order valence-electron chi connectivity index (χ3n) is 6.34. The van der Waals surface area contributed by atoms with Crippen LogP contribution in [0.25, 0.3) is 0 Å². The van der Waals surface area contributed by atoms with E-state index in [9.17, 15) is 14.7 Å². The number of nitrogens with zero attached hydrogens (tertiary/aromatic N) is 2. The summed E-state index contributed by atoms with van der Waals surface area (Å²) >= 11 is 1.83. The van der Waals surface area contributed by atoms with Crippen LogP contribution in [0.4, 0.5) is 4.79 Å². The zero-order valence-corrected chi connectivity index (χ0v) is 17.0. The maximum Gasteiger partial charge on any atom is 0.334 e. The summed E-state index contributed by atoms with van der Waals surface area (Å²) in [6.45, 7) is 0.434. The molecule has 0 aromatic rings. The minimum atomic E-state index is -0.740. The van der Waals surface area contributed by atoms with Crippen molar-refractivity contribution >= 4 is 23.8 Å². The van der Waals surface area contributed by atoms with E-state index in [1.807, 2.05) is 23.7 Å². The molecule has 2 amide bonds. The number of carboxylic acids is 1. The lowest BCUT2D eigenvalue weighted by molar-refractivity contribution is -0.137. The molecule has 0 spiro atoms. The van der Waals surface area contributed by atoms with E-state index in [0.717, 1.165) is 31.4 Å². The van der Waals surface area contributed by atoms with E-state index < -0.39 is 12.1 Å². The zero-order chi connectivity index (χ0) is 19.4. The summed E-state index contributed by atoms with van der Waals surface area (Å²) < 4.78 is 0. The molecule has 0 aromatic heterocycles. The number of carbonyl (C=O) groups is 2. The summed E-state index contributed by atoms with van der Waals surface area (Å²) in [5.41, 5.74) is 3.24. The number of nitrogens with one attached hydrogen (secondary N) is 1. The van der Waals surface area contributed by atoms with Gasteiger partial charge in [-0.05, 0) is 43.8 Å². The van der Waals surface area contributed by atoms with Crippen LogP contribution in [0.1, 0.15) is 57.8 Å². The summed E-state index contributed by atoms with van der Waals surface area (Å²) in [6, 6.07) is 0.335. The predicted octanol–water partition coefficient (Wildman–Crippen LogP) is 2.30. The molecule has 7 nitrogen and oxygen atoms in total. The fourth-order valence-electron chi connectivity index (χ4n) is 4.77. The molecule has 1 heterocycles. The molecule has 4 atom stereocenters. The highest BCUT2D eigenvalue weighted by Crippen LogP contribution is 2.39. The van der Waals surface area contributed by atoms with E-state index in [1.54, 1.807) is 5.01 Å². The molecule has 2 saturated carbocycles. The number of rotatable bonds is 9. The van der Waals surface area contributed by atoms with Crippen molar-refractivity contribution in [3.8, 4) is 0 Å². The van der Waals surface area contributed by atoms with Crippen LogP contribution < -0.4 is 5.43 Å². The number of carboxylic acid groups (broad SMARTS) is 1. The van der Waals surface area contributed by atoms with Gasteiger partial charge in [-0.15, -0.1) is 0 Å². The van der Waals surface area contributed by atoms with Gasteiger partial charge in [-0.25, -0.2) is 10.2 Å². The molecule has 8 heteroatoms. The summed E-state index contributed by atoms with van der Waals surface area (Å²) in [6.07, 6.45) is 8.20. The van der Waals surface area contributed by atoms with Gasteiger partial charge in [0.05, 0.1) is 18.2 Å². The van der Waals surface area contributed by atoms with Crippen LogP contribution in [0.2, 0.25) is 0 Å². The summed E-state index contributed by atoms with van der Waals surface area (Å²) in [4.78, 5) is 25.0. The molecular formula is C19H33N3O4S. The highest BCUT2D eigenvalue weighted by molar-refractivity contribution is 7.99. The van der Waals surface area contributed by atoms with Gasteiger partial charge in [-0.3, -0.25) is 9.80 Å². The third-order valence-corrected chi connectivity index (χ3v) is 7.72. The SMILES string of the molecule is CN1C(=O)N(NCC(O)C2CCCCC2)C2CC(SCCCC(=O)O)CC21. The van der Waals surface area contributed by atoms with Gasteiger partial charge in [-0.2, -0.15) is 11.8 Å². The second kappa shape index (κ2) is 9.47. The van der Waals surface area contributed by atoms with Gasteiger partial charge in [0.1, 0.15) is 0 Å². The Kier molecular flexibility index (Phi) is 7.28. The zero-order valence-electron chi connectivity index (χ0n) is 16.2. The molecule has 1 saturated heterocycles. The second-order valence-corrected chi connectivity index (χ2v) is 9.60. The molecule has 154 valence electrons. The van der Waals surface area contributed by atoms with Crippen LogP contribution in [0.3, 0.4) is 0 Å². The monoisotopic (exact) mass is 399 g/mol. The fourth-order valence-corrected chi connectivity index (χ4v) is 6.08. The first kappa shape index (κ1) is 20.7. The number of fused-ring (bicyclic) bond motifs is 1. The van der Waals surface area contributed by atoms with Crippen LogP contribution in [0.5, 0.6) is 0 Å². The van der Waals surface area contributed by atoms with E-state index in [1.165, 1.54) is 19.3 Å². The Morgan fingerprint density at radius 1 is 1.26 bits per heavy atom. The molecule has 1 aliphatic heterocycles. The third kappa shape index (κ3) is 5.09. The minimum absolute atomic E-state index is 0.00447. The number of aliphatic carboxylic acids is 1. The Bertz CT molecular complexity index is 529. The summed E-state index contributed by atoms with van der Waals surface area (Å²) in [7, 11) is 1.86. The number of hydrogen-bond donors (Lipinski definition) is 3. The Balaban J connectivity index is 1.47. The van der Waals surface area contributed by atoms with Crippen molar-refractivity contribution in [2.24, 2.45) is 5.92 Å². The van der Waals surface area contributed by atoms with E-state index in [-0.39, 0.29) is 24.5 Å². The van der Waals surface area contributed by atoms with Crippen molar-refractivity contribution in [1.29, 1.82) is 0 Å². The molecule has 3 N–H and O–H groups in total. The minimum Gasteiger partial charge on any atom is -0.481 e. The topological polar surface area (TPSA) is 93.1 Å². The first-order valence-corrected chi connectivity index (χ1v) is 11.3. The molecule has 3 fully saturated rings. The van der Waals surface area contributed by atoms with E-state index in [0.29, 0.717) is 24.1 Å². The summed E-state index contributed by atoms with van der Waals surface area (Å²) in [5.74, 6) is 0.455. The number of aliphatic hydroxyl groups is 1. The number of urea groups is 1. The van der Waals surface area contributed by atoms with Crippen LogP contribution in [0.15, 0.2) is 0 Å². The highest BCUT2D eigenvalue weighted by Gasteiger charge is 2.50. The van der Waals surface area contributed by atoms with E-state index >= 15 is 0 Å². The number of amides is 2. The Hall–Kier alpha value is -0.990. The lowest BCUT2D eigenvalue weighted by Crippen LogP contribution is -2.49. The van der Waals surface area contributed by atoms with Gasteiger partial charge < -0.3 is 15.1 Å². The average Bonchev–Trinajstić information content (AvgIpc) is 3.17. The van der Waals surface area contributed by atoms with E-state index in [2.05, 4.69) is 5.43 Å². The van der Waals surface area contributed by atoms with Gasteiger partial charge in [0, 0.05) is 25.3 Å². The molecule has 0 bridgehead atoms. The van der Waals surface area contributed by atoms with Crippen molar-refractivity contribution in [1.82, 2.24) is 15.3 Å². The van der Waals surface area contributed by atoms with Crippen LogP contribution in [-0.4, -0.2) is 74.9 Å². The predicted molar refractivity (Wildman–Crippen MR) is 106 cm³/mol. The molecule has 2 aliphatic carbocycles. The normalized spacial score (nSPS) is 30.0. The average molecular weight is 400 g/mol. The van der Waals surface area contributed by atoms with Gasteiger partial charge in [0.2, 0.25) is 0 Å². The number of carbonyl (C=O) groups excluding carboxylic acids is 1. The van der Waals surface area contributed by atoms with Gasteiger partial charge in [-0.1, -0.05) is 19.3 Å². The van der Waals surface area contributed by atoms with Crippen molar-refractivity contribution in [3.63, 3.8) is 0 Å². The van der Waals surface area contributed by atoms with Gasteiger partial charge in [0.15, 0.2) is 0 Å². The number of hydrogen-bond acceptors (Lipinski definition) is 5. The van der Waals surface area contributed by atoms with Crippen molar-refractivity contribution in [2.75, 3.05) is 19.3 Å². The number of hydrazine groups is 1. The molecular weight excluding hydrogens is 366 g/mol. The van der Waals surface area contributed by atoms with Gasteiger partial charge >= 0.3 is 12.0 Å². The Morgan fingerprint density at radius 3 is 2.67 bits per heavy atom. The Morgan fingerprint density at radius 2 is 1.96 bits per heavy atom. The Labute approximate surface area is 165 Å². The van der Waals surface area contributed by atoms with Crippen molar-refractivity contribution in [2.45, 2.75) is 81.2 Å². The number of likely N-dealkylation sites (N-methyl/N-ethyl adjacent to an activating group) is 1. The summed E-state index contributed by atoms with van der Waals surface area (Å²) in [5, 5.41) is 21.4. The molecule has 0 radical (unpaired) electrons. The standard InChI is InChI=1S/C19H33N3O4S/c1-21-15-10-14(27-9-5-8-18(24)25)11-16(15)22(19(21)26)20-12-17(23)13-6-3-2-4-7-13/h13-17,20,23H,2-12H2,1H3,(H,24,25). The molecule has 27 heavy (non-hydrogen) atoms. The second-order valence-electron chi connectivity index (χ2n) is 8.19. The van der Waals surface area contributed by atoms with Crippen LogP contribution in [0, 0.1) is 5.92 Å². The first-order chi connectivity index (χ1) is 13.0. The van der Waals surface area contributed by atoms with Crippen molar-refractivity contribution < 1.29 is 19.8 Å². The lowest BCUT2D eigenvalue weighted by atomic mass is 9.85. The van der Waals surface area contributed by atoms with E-state index in [4.69, 9.17) is 5.11 Å². The molecule has 3 rings (SSSR count). The highest BCUT2D eigenvalue weighted by atomic mass is 32.2. The fraction of sp³-hybridized carbons (Fsp3) is 0.895. The van der Waals surface area contributed by atoms with Crippen molar-refractivity contribution in [3.05, 3.63) is 0 Å². The molecule has 0 aromatic carbocycles. The number of thioether (sulfide) groups is 1. The quantitative estimate of drug-likeness (QED) is 0.515. The first-order valence-electron chi connectivity index (χ1n) is 10.3. The largest absolute Gasteiger partial charge is 0.481 e. The van der Waals surface area contributed by atoms with Gasteiger partial charge in [0.25, 0.3) is 0 Å². The number of aliphatic hydroxyl groups excluding tert-OH is 1. The molecule has 4 unspecified atom stereocenters. The molecule has 3 aliphatic rings. The lowest BCUT2D eigenvalue weighted by Gasteiger charge is -2.30. The smallest absolute Gasteiger partial charge is 0.334 e. The van der Waals surface area contributed by atoms with Crippen LogP contribution >= 0.6 is 11.8 Å². The van der Waals surface area contributed by atoms with Crippen LogP contribution in [-0.2, 0) is 4.79 Å². The maximum absolute atomic E-state index is 12.6.